The summed E-state index contributed by atoms with van der Waals surface area (Å²) < 4.78 is 39.8. The lowest BCUT2D eigenvalue weighted by Gasteiger charge is -2.23. The van der Waals surface area contributed by atoms with Gasteiger partial charge in [0.05, 0.1) is 11.0 Å². The Morgan fingerprint density at radius 1 is 1.02 bits per heavy atom. The lowest BCUT2D eigenvalue weighted by Crippen LogP contribution is -2.27. The third kappa shape index (κ3) is 8.98. The highest BCUT2D eigenvalue weighted by molar-refractivity contribution is 7.89. The van der Waals surface area contributed by atoms with Crippen molar-refractivity contribution >= 4 is 33.8 Å². The standard InChI is InChI=1S/C36H40N2O10S/c1-22-6-5-9-26(39)8-4-2-3-7-25-18-29(40)34(35(42)33(25)36(43)48-22)28(24-12-15-30-31(19-24)47-21-46-30)20-32(41)38-17-16-23-10-13-27(14-11-23)49(37,44)45/h3,7,10-15,18-19,22,28,40,42H,2,4-6,8-9,16-17,20-21H2,1H3,(H,38,41)(H2,37,44,45)/b7-3+/t22-,28?/m0/s1. The van der Waals surface area contributed by atoms with Gasteiger partial charge in [0.1, 0.15) is 22.8 Å². The van der Waals surface area contributed by atoms with E-state index in [-0.39, 0.29) is 52.9 Å². The van der Waals surface area contributed by atoms with Crippen molar-refractivity contribution in [2.45, 2.75) is 75.2 Å². The molecule has 2 atom stereocenters. The van der Waals surface area contributed by atoms with E-state index in [1.165, 1.54) is 18.2 Å². The second-order valence-electron chi connectivity index (χ2n) is 12.2. The van der Waals surface area contributed by atoms with Gasteiger partial charge in [-0.25, -0.2) is 18.4 Å². The van der Waals surface area contributed by atoms with Gasteiger partial charge in [0.25, 0.3) is 0 Å². The van der Waals surface area contributed by atoms with Crippen LogP contribution in [0.1, 0.15) is 90.4 Å². The Kier molecular flexibility index (Phi) is 11.2. The Morgan fingerprint density at radius 2 is 1.76 bits per heavy atom. The SMILES string of the molecule is C[C@H]1CCCC(=O)CCC/C=C/c2cc(O)c(C(CC(=O)NCCc3ccc(S(N)(=O)=O)cc3)c3ccc4c(c3)OCO4)c(O)c2C(=O)O1. The quantitative estimate of drug-likeness (QED) is 0.238. The Hall–Kier alpha value is -4.88. The van der Waals surface area contributed by atoms with Crippen molar-refractivity contribution in [2.24, 2.45) is 5.14 Å². The second-order valence-corrected chi connectivity index (χ2v) is 13.8. The molecule has 3 aromatic rings. The van der Waals surface area contributed by atoms with Gasteiger partial charge in [-0.1, -0.05) is 30.4 Å². The first kappa shape index (κ1) is 35.4. The molecule has 260 valence electrons. The number of ether oxygens (including phenoxy) is 3. The highest BCUT2D eigenvalue weighted by Crippen LogP contribution is 2.46. The van der Waals surface area contributed by atoms with Crippen LogP contribution in [0.5, 0.6) is 23.0 Å². The molecule has 5 N–H and O–H groups in total. The summed E-state index contributed by atoms with van der Waals surface area (Å²) in [5.74, 6) is -1.89. The molecule has 1 unspecified atom stereocenters. The normalized spacial score (nSPS) is 18.1. The molecule has 0 saturated carbocycles. The minimum absolute atomic E-state index is 0.0159. The number of phenolic OH excluding ortho intramolecular Hbond substituents is 2. The van der Waals surface area contributed by atoms with Crippen molar-refractivity contribution < 1.29 is 47.2 Å². The molecule has 2 aliphatic rings. The molecule has 0 spiro atoms. The maximum Gasteiger partial charge on any atom is 0.342 e. The van der Waals surface area contributed by atoms with Crippen LogP contribution < -0.4 is 19.9 Å². The minimum Gasteiger partial charge on any atom is -0.507 e. The molecular formula is C36H40N2O10S. The fourth-order valence-corrected chi connectivity index (χ4v) is 6.50. The van der Waals surface area contributed by atoms with Crippen LogP contribution in [0, 0.1) is 0 Å². The number of fused-ring (bicyclic) bond motifs is 2. The van der Waals surface area contributed by atoms with E-state index in [2.05, 4.69) is 5.32 Å². The Bertz CT molecular complexity index is 1850. The first-order valence-electron chi connectivity index (χ1n) is 16.2. The lowest BCUT2D eigenvalue weighted by atomic mass is 9.84. The number of aromatic hydroxyl groups is 2. The number of amides is 1. The number of nitrogens with two attached hydrogens (primary N) is 1. The van der Waals surface area contributed by atoms with Gasteiger partial charge in [-0.05, 0) is 86.1 Å². The van der Waals surface area contributed by atoms with E-state index in [1.54, 1.807) is 49.4 Å². The van der Waals surface area contributed by atoms with Gasteiger partial charge in [0.2, 0.25) is 22.7 Å². The highest BCUT2D eigenvalue weighted by Gasteiger charge is 2.32. The van der Waals surface area contributed by atoms with Crippen molar-refractivity contribution in [3.05, 3.63) is 82.4 Å². The molecule has 2 aliphatic heterocycles. The second kappa shape index (κ2) is 15.6. The zero-order chi connectivity index (χ0) is 35.1. The molecule has 2 heterocycles. The number of nitrogens with one attached hydrogen (secondary N) is 1. The van der Waals surface area contributed by atoms with Crippen LogP contribution in [-0.4, -0.2) is 55.7 Å². The van der Waals surface area contributed by atoms with E-state index in [9.17, 15) is 33.0 Å². The van der Waals surface area contributed by atoms with E-state index < -0.39 is 39.7 Å². The number of hydrogen-bond acceptors (Lipinski definition) is 10. The van der Waals surface area contributed by atoms with E-state index in [4.69, 9.17) is 19.3 Å². The third-order valence-electron chi connectivity index (χ3n) is 8.58. The Balaban J connectivity index is 1.46. The molecule has 0 aromatic heterocycles. The number of phenols is 2. The smallest absolute Gasteiger partial charge is 0.342 e. The van der Waals surface area contributed by atoms with Crippen LogP contribution in [0.25, 0.3) is 6.08 Å². The topological polar surface area (TPSA) is 192 Å². The summed E-state index contributed by atoms with van der Waals surface area (Å²) in [7, 11) is -3.83. The number of allylic oxidation sites excluding steroid dienone is 1. The monoisotopic (exact) mass is 692 g/mol. The first-order chi connectivity index (χ1) is 23.4. The summed E-state index contributed by atoms with van der Waals surface area (Å²) >= 11 is 0. The predicted octanol–water partition coefficient (Wildman–Crippen LogP) is 4.84. The Morgan fingerprint density at radius 3 is 2.51 bits per heavy atom. The molecule has 13 heteroatoms. The van der Waals surface area contributed by atoms with Crippen molar-refractivity contribution in [1.29, 1.82) is 0 Å². The predicted molar refractivity (Wildman–Crippen MR) is 180 cm³/mol. The fraction of sp³-hybridized carbons (Fsp3) is 0.361. The maximum absolute atomic E-state index is 13.6. The van der Waals surface area contributed by atoms with Crippen LogP contribution in [0.2, 0.25) is 0 Å². The summed E-state index contributed by atoms with van der Waals surface area (Å²) in [6.07, 6.45) is 6.06. The zero-order valence-corrected chi connectivity index (χ0v) is 28.0. The average molecular weight is 693 g/mol. The highest BCUT2D eigenvalue weighted by atomic mass is 32.2. The molecule has 0 bridgehead atoms. The number of carbonyl (C=O) groups is 3. The molecule has 12 nitrogen and oxygen atoms in total. The van der Waals surface area contributed by atoms with Crippen LogP contribution >= 0.6 is 0 Å². The fourth-order valence-electron chi connectivity index (χ4n) is 5.99. The Labute approximate surface area is 284 Å². The largest absolute Gasteiger partial charge is 0.507 e. The third-order valence-corrected chi connectivity index (χ3v) is 9.51. The number of esters is 1. The number of cyclic esters (lactones) is 1. The molecule has 3 aromatic carbocycles. The number of ketones is 1. The number of carbonyl (C=O) groups excluding carboxylic acids is 3. The number of sulfonamides is 1. The summed E-state index contributed by atoms with van der Waals surface area (Å²) in [4.78, 5) is 39.2. The number of primary sulfonamides is 1. The van der Waals surface area contributed by atoms with Crippen molar-refractivity contribution in [2.75, 3.05) is 13.3 Å². The number of rotatable bonds is 8. The van der Waals surface area contributed by atoms with Crippen LogP contribution in [0.15, 0.2) is 59.5 Å². The van der Waals surface area contributed by atoms with E-state index in [0.29, 0.717) is 62.0 Å². The summed E-state index contributed by atoms with van der Waals surface area (Å²) in [5.41, 5.74) is 1.36. The van der Waals surface area contributed by atoms with Gasteiger partial charge in [-0.15, -0.1) is 0 Å². The summed E-state index contributed by atoms with van der Waals surface area (Å²) in [6, 6.07) is 12.4. The van der Waals surface area contributed by atoms with Crippen molar-refractivity contribution in [1.82, 2.24) is 5.32 Å². The van der Waals surface area contributed by atoms with Crippen LogP contribution in [0.3, 0.4) is 0 Å². The van der Waals surface area contributed by atoms with Crippen molar-refractivity contribution in [3.63, 3.8) is 0 Å². The van der Waals surface area contributed by atoms with E-state index in [0.717, 1.165) is 5.56 Å². The number of hydrogen-bond donors (Lipinski definition) is 4. The summed E-state index contributed by atoms with van der Waals surface area (Å²) in [6.45, 7) is 1.95. The van der Waals surface area contributed by atoms with Gasteiger partial charge in [0.15, 0.2) is 11.5 Å². The van der Waals surface area contributed by atoms with Crippen LogP contribution in [-0.2, 0) is 30.8 Å². The zero-order valence-electron chi connectivity index (χ0n) is 27.1. The maximum atomic E-state index is 13.6. The molecule has 1 amide bonds. The lowest BCUT2D eigenvalue weighted by molar-refractivity contribution is -0.121. The molecule has 0 saturated heterocycles. The average Bonchev–Trinajstić information content (AvgIpc) is 3.51. The molecule has 5 rings (SSSR count). The molecular weight excluding hydrogens is 652 g/mol. The van der Waals surface area contributed by atoms with Gasteiger partial charge in [-0.3, -0.25) is 9.59 Å². The van der Waals surface area contributed by atoms with Crippen LogP contribution in [0.4, 0.5) is 0 Å². The number of benzene rings is 3. The van der Waals surface area contributed by atoms with Gasteiger partial charge < -0.3 is 29.7 Å². The number of Topliss-reactive ketones (excluding diaryl/α,β-unsaturated/α-hetero) is 1. The molecule has 0 aliphatic carbocycles. The van der Waals surface area contributed by atoms with Gasteiger partial charge in [-0.2, -0.15) is 0 Å². The van der Waals surface area contributed by atoms with E-state index in [1.807, 2.05) is 0 Å². The summed E-state index contributed by atoms with van der Waals surface area (Å²) in [5, 5.41) is 31.2. The van der Waals surface area contributed by atoms with Gasteiger partial charge >= 0.3 is 5.97 Å². The molecule has 49 heavy (non-hydrogen) atoms. The molecule has 0 radical (unpaired) electrons. The van der Waals surface area contributed by atoms with E-state index >= 15 is 0 Å². The first-order valence-corrected chi connectivity index (χ1v) is 17.7. The van der Waals surface area contributed by atoms with Gasteiger partial charge in [0, 0.05) is 37.3 Å². The molecule has 0 fully saturated rings. The minimum atomic E-state index is -3.83. The van der Waals surface area contributed by atoms with Crippen molar-refractivity contribution in [3.8, 4) is 23.0 Å².